The lowest BCUT2D eigenvalue weighted by Crippen LogP contribution is -1.99. The van der Waals surface area contributed by atoms with Crippen LogP contribution in [0, 0.1) is 0 Å². The zero-order valence-corrected chi connectivity index (χ0v) is 10.1. The highest BCUT2D eigenvalue weighted by molar-refractivity contribution is 5.85. The Balaban J connectivity index is 2.03. The van der Waals surface area contributed by atoms with E-state index in [0.717, 1.165) is 10.9 Å². The van der Waals surface area contributed by atoms with E-state index in [1.165, 1.54) is 0 Å². The van der Waals surface area contributed by atoms with E-state index in [1.807, 2.05) is 30.3 Å². The molecule has 0 saturated heterocycles. The minimum absolute atomic E-state index is 0.260. The SMILES string of the molecule is Nc1ccc(Oc2cccc3ncccc23)nc1N. The van der Waals surface area contributed by atoms with Gasteiger partial charge in [0.05, 0.1) is 11.2 Å². The molecule has 94 valence electrons. The van der Waals surface area contributed by atoms with Crippen molar-refractivity contribution in [2.24, 2.45) is 0 Å². The molecule has 0 bridgehead atoms. The highest BCUT2D eigenvalue weighted by atomic mass is 16.5. The molecule has 0 spiro atoms. The van der Waals surface area contributed by atoms with Crippen molar-refractivity contribution < 1.29 is 4.74 Å². The molecule has 4 N–H and O–H groups in total. The summed E-state index contributed by atoms with van der Waals surface area (Å²) in [5.41, 5.74) is 12.6. The minimum atomic E-state index is 0.260. The Morgan fingerprint density at radius 3 is 2.68 bits per heavy atom. The standard InChI is InChI=1S/C14H12N4O/c15-10-6-7-13(18-14(10)16)19-12-5-1-4-11-9(12)3-2-8-17-11/h1-8H,15H2,(H2,16,18). The smallest absolute Gasteiger partial charge is 0.221 e. The van der Waals surface area contributed by atoms with Crippen molar-refractivity contribution in [3.63, 3.8) is 0 Å². The first kappa shape index (κ1) is 11.3. The maximum atomic E-state index is 5.74. The molecule has 3 aromatic rings. The number of nitrogens with two attached hydrogens (primary N) is 2. The van der Waals surface area contributed by atoms with Gasteiger partial charge in [0, 0.05) is 17.6 Å². The molecule has 2 heterocycles. The fraction of sp³-hybridized carbons (Fsp3) is 0. The van der Waals surface area contributed by atoms with Gasteiger partial charge in [-0.3, -0.25) is 4.98 Å². The van der Waals surface area contributed by atoms with Crippen LogP contribution in [-0.2, 0) is 0 Å². The van der Waals surface area contributed by atoms with E-state index < -0.39 is 0 Å². The zero-order valence-electron chi connectivity index (χ0n) is 10.1. The van der Waals surface area contributed by atoms with Crippen LogP contribution in [-0.4, -0.2) is 9.97 Å². The van der Waals surface area contributed by atoms with Gasteiger partial charge < -0.3 is 16.2 Å². The highest BCUT2D eigenvalue weighted by Gasteiger charge is 2.05. The van der Waals surface area contributed by atoms with Crippen LogP contribution in [0.1, 0.15) is 0 Å². The van der Waals surface area contributed by atoms with Crippen LogP contribution in [0.3, 0.4) is 0 Å². The Kier molecular flexibility index (Phi) is 2.64. The average molecular weight is 252 g/mol. The first-order valence-electron chi connectivity index (χ1n) is 5.77. The van der Waals surface area contributed by atoms with Crippen molar-refractivity contribution >= 4 is 22.4 Å². The monoisotopic (exact) mass is 252 g/mol. The number of nitrogens with zero attached hydrogens (tertiary/aromatic N) is 2. The molecule has 3 rings (SSSR count). The summed E-state index contributed by atoms with van der Waals surface area (Å²) in [6.07, 6.45) is 1.74. The van der Waals surface area contributed by atoms with Gasteiger partial charge in [-0.2, -0.15) is 4.98 Å². The number of benzene rings is 1. The largest absolute Gasteiger partial charge is 0.438 e. The Hall–Kier alpha value is -2.82. The maximum Gasteiger partial charge on any atom is 0.221 e. The molecular formula is C14H12N4O. The van der Waals surface area contributed by atoms with E-state index in [1.54, 1.807) is 18.3 Å². The lowest BCUT2D eigenvalue weighted by molar-refractivity contribution is 0.469. The molecule has 2 aromatic heterocycles. The molecule has 0 amide bonds. The number of fused-ring (bicyclic) bond motifs is 1. The average Bonchev–Trinajstić information content (AvgIpc) is 2.43. The van der Waals surface area contributed by atoms with Gasteiger partial charge in [-0.1, -0.05) is 6.07 Å². The predicted molar refractivity (Wildman–Crippen MR) is 74.9 cm³/mol. The quantitative estimate of drug-likeness (QED) is 0.732. The summed E-state index contributed by atoms with van der Waals surface area (Å²) < 4.78 is 5.74. The van der Waals surface area contributed by atoms with Crippen LogP contribution in [0.4, 0.5) is 11.5 Å². The predicted octanol–water partition coefficient (Wildman–Crippen LogP) is 2.59. The van der Waals surface area contributed by atoms with Crippen LogP contribution in [0.5, 0.6) is 11.6 Å². The van der Waals surface area contributed by atoms with Gasteiger partial charge in [-0.15, -0.1) is 0 Å². The number of hydrogen-bond acceptors (Lipinski definition) is 5. The third-order valence-electron chi connectivity index (χ3n) is 2.75. The zero-order chi connectivity index (χ0) is 13.2. The number of pyridine rings is 2. The number of aromatic nitrogens is 2. The molecule has 0 aliphatic heterocycles. The molecule has 0 atom stereocenters. The second-order valence-corrected chi connectivity index (χ2v) is 4.05. The van der Waals surface area contributed by atoms with Crippen molar-refractivity contribution in [1.82, 2.24) is 9.97 Å². The molecule has 0 fully saturated rings. The van der Waals surface area contributed by atoms with E-state index in [-0.39, 0.29) is 5.82 Å². The van der Waals surface area contributed by atoms with E-state index in [4.69, 9.17) is 16.2 Å². The number of hydrogen-bond donors (Lipinski definition) is 2. The molecule has 0 unspecified atom stereocenters. The van der Waals surface area contributed by atoms with Crippen LogP contribution in [0.2, 0.25) is 0 Å². The van der Waals surface area contributed by atoms with Crippen LogP contribution in [0.15, 0.2) is 48.7 Å². The van der Waals surface area contributed by atoms with Gasteiger partial charge in [0.25, 0.3) is 0 Å². The van der Waals surface area contributed by atoms with Gasteiger partial charge in [0.15, 0.2) is 5.82 Å². The third kappa shape index (κ3) is 2.13. The number of nitrogen functional groups attached to an aromatic ring is 2. The Morgan fingerprint density at radius 1 is 0.947 bits per heavy atom. The van der Waals surface area contributed by atoms with E-state index in [2.05, 4.69) is 9.97 Å². The summed E-state index contributed by atoms with van der Waals surface area (Å²) in [5, 5.41) is 0.919. The summed E-state index contributed by atoms with van der Waals surface area (Å²) >= 11 is 0. The summed E-state index contributed by atoms with van der Waals surface area (Å²) in [5.74, 6) is 1.35. The molecule has 0 aliphatic carbocycles. The van der Waals surface area contributed by atoms with Crippen molar-refractivity contribution in [2.45, 2.75) is 0 Å². The summed E-state index contributed by atoms with van der Waals surface area (Å²) in [6, 6.07) is 12.8. The Bertz CT molecular complexity index is 737. The van der Waals surface area contributed by atoms with Crippen molar-refractivity contribution in [1.29, 1.82) is 0 Å². The molecule has 5 heteroatoms. The molecule has 5 nitrogen and oxygen atoms in total. The fourth-order valence-electron chi connectivity index (χ4n) is 1.80. The molecule has 0 saturated carbocycles. The van der Waals surface area contributed by atoms with Gasteiger partial charge in [0.2, 0.25) is 5.88 Å². The van der Waals surface area contributed by atoms with Gasteiger partial charge in [0.1, 0.15) is 5.75 Å². The normalized spacial score (nSPS) is 10.5. The lowest BCUT2D eigenvalue weighted by Gasteiger charge is -2.08. The topological polar surface area (TPSA) is 87.0 Å². The first-order chi connectivity index (χ1) is 9.24. The molecular weight excluding hydrogens is 240 g/mol. The highest BCUT2D eigenvalue weighted by Crippen LogP contribution is 2.28. The summed E-state index contributed by atoms with van der Waals surface area (Å²) in [7, 11) is 0. The maximum absolute atomic E-state index is 5.74. The minimum Gasteiger partial charge on any atom is -0.438 e. The summed E-state index contributed by atoms with van der Waals surface area (Å²) in [4.78, 5) is 8.36. The second kappa shape index (κ2) is 4.45. The van der Waals surface area contributed by atoms with E-state index in [9.17, 15) is 0 Å². The van der Waals surface area contributed by atoms with Gasteiger partial charge in [-0.25, -0.2) is 0 Å². The Morgan fingerprint density at radius 2 is 1.84 bits per heavy atom. The lowest BCUT2D eigenvalue weighted by atomic mass is 10.2. The van der Waals surface area contributed by atoms with E-state index >= 15 is 0 Å². The Labute approximate surface area is 109 Å². The first-order valence-corrected chi connectivity index (χ1v) is 5.77. The second-order valence-electron chi connectivity index (χ2n) is 4.05. The molecule has 0 radical (unpaired) electrons. The van der Waals surface area contributed by atoms with Crippen molar-refractivity contribution in [3.05, 3.63) is 48.7 Å². The summed E-state index contributed by atoms with van der Waals surface area (Å²) in [6.45, 7) is 0. The van der Waals surface area contributed by atoms with Crippen LogP contribution >= 0.6 is 0 Å². The molecule has 1 aromatic carbocycles. The van der Waals surface area contributed by atoms with Gasteiger partial charge >= 0.3 is 0 Å². The van der Waals surface area contributed by atoms with Crippen molar-refractivity contribution in [3.8, 4) is 11.6 Å². The molecule has 19 heavy (non-hydrogen) atoms. The third-order valence-corrected chi connectivity index (χ3v) is 2.75. The van der Waals surface area contributed by atoms with Crippen LogP contribution < -0.4 is 16.2 Å². The van der Waals surface area contributed by atoms with Crippen LogP contribution in [0.25, 0.3) is 10.9 Å². The van der Waals surface area contributed by atoms with Crippen molar-refractivity contribution in [2.75, 3.05) is 11.5 Å². The van der Waals surface area contributed by atoms with Gasteiger partial charge in [-0.05, 0) is 30.3 Å². The number of rotatable bonds is 2. The number of ether oxygens (including phenoxy) is 1. The molecule has 0 aliphatic rings. The van der Waals surface area contributed by atoms with E-state index in [0.29, 0.717) is 17.3 Å². The fourth-order valence-corrected chi connectivity index (χ4v) is 1.80. The number of anilines is 2.